The van der Waals surface area contributed by atoms with Crippen LogP contribution in [0.5, 0.6) is 0 Å². The lowest BCUT2D eigenvalue weighted by Crippen LogP contribution is -2.45. The fourth-order valence-electron chi connectivity index (χ4n) is 3.25. The molecule has 1 unspecified atom stereocenters. The van der Waals surface area contributed by atoms with Crippen LogP contribution in [0.3, 0.4) is 0 Å². The van der Waals surface area contributed by atoms with E-state index in [1.807, 2.05) is 25.7 Å². The predicted octanol–water partition coefficient (Wildman–Crippen LogP) is 3.19. The average Bonchev–Trinajstić information content (AvgIpc) is 2.65. The Kier molecular flexibility index (Phi) is 7.05. The van der Waals surface area contributed by atoms with Crippen molar-refractivity contribution >= 4 is 18.0 Å². The summed E-state index contributed by atoms with van der Waals surface area (Å²) >= 11 is 0. The third kappa shape index (κ3) is 5.97. The number of rotatable bonds is 4. The van der Waals surface area contributed by atoms with E-state index < -0.39 is 11.6 Å². The molecule has 1 aromatic carbocycles. The smallest absolute Gasteiger partial charge is 0.410 e. The van der Waals surface area contributed by atoms with E-state index in [1.165, 1.54) is 7.11 Å². The van der Waals surface area contributed by atoms with E-state index in [4.69, 9.17) is 4.74 Å². The van der Waals surface area contributed by atoms with Crippen LogP contribution in [0.2, 0.25) is 0 Å². The molecule has 1 aliphatic heterocycles. The molecule has 1 aliphatic rings. The largest absolute Gasteiger partial charge is 0.465 e. The van der Waals surface area contributed by atoms with E-state index >= 15 is 0 Å². The lowest BCUT2D eigenvalue weighted by atomic mass is 9.97. The molecule has 1 aromatic rings. The Bertz CT molecular complexity index is 709. The van der Waals surface area contributed by atoms with Gasteiger partial charge in [-0.1, -0.05) is 0 Å². The number of amides is 2. The van der Waals surface area contributed by atoms with Gasteiger partial charge >= 0.3 is 12.1 Å². The number of carbonyl (C=O) groups is 3. The van der Waals surface area contributed by atoms with Crippen molar-refractivity contribution in [2.75, 3.05) is 33.8 Å². The summed E-state index contributed by atoms with van der Waals surface area (Å²) in [5.74, 6) is -0.298. The number of hydrogen-bond acceptors (Lipinski definition) is 5. The van der Waals surface area contributed by atoms with Crippen molar-refractivity contribution < 1.29 is 23.9 Å². The van der Waals surface area contributed by atoms with Gasteiger partial charge in [-0.2, -0.15) is 0 Å². The Labute approximate surface area is 166 Å². The molecule has 1 saturated heterocycles. The Hall–Kier alpha value is -2.57. The minimum atomic E-state index is -0.531. The topological polar surface area (TPSA) is 76.2 Å². The molecule has 1 fully saturated rings. The van der Waals surface area contributed by atoms with Crippen molar-refractivity contribution in [1.29, 1.82) is 0 Å². The van der Waals surface area contributed by atoms with Gasteiger partial charge < -0.3 is 19.3 Å². The molecule has 7 nitrogen and oxygen atoms in total. The summed E-state index contributed by atoms with van der Waals surface area (Å²) in [6, 6.07) is 6.48. The Morgan fingerprint density at radius 1 is 1.14 bits per heavy atom. The molecule has 7 heteroatoms. The highest BCUT2D eigenvalue weighted by Crippen LogP contribution is 2.21. The summed E-state index contributed by atoms with van der Waals surface area (Å²) in [5, 5.41) is 0. The fraction of sp³-hybridized carbons (Fsp3) is 0.571. The molecule has 154 valence electrons. The number of methoxy groups -OCH3 is 1. The highest BCUT2D eigenvalue weighted by Gasteiger charge is 2.28. The zero-order valence-electron chi connectivity index (χ0n) is 17.4. The van der Waals surface area contributed by atoms with Crippen molar-refractivity contribution in [3.63, 3.8) is 0 Å². The molecule has 28 heavy (non-hydrogen) atoms. The average molecular weight is 390 g/mol. The van der Waals surface area contributed by atoms with Crippen LogP contribution in [0.25, 0.3) is 0 Å². The molecule has 0 bridgehead atoms. The maximum atomic E-state index is 12.8. The van der Waals surface area contributed by atoms with Crippen LogP contribution >= 0.6 is 0 Å². The van der Waals surface area contributed by atoms with Gasteiger partial charge in [0.2, 0.25) is 0 Å². The van der Waals surface area contributed by atoms with E-state index in [9.17, 15) is 14.4 Å². The van der Waals surface area contributed by atoms with Crippen LogP contribution in [0, 0.1) is 5.92 Å². The van der Waals surface area contributed by atoms with Crippen LogP contribution in [0.15, 0.2) is 24.3 Å². The normalized spacial score (nSPS) is 17.0. The Balaban J connectivity index is 1.95. The minimum Gasteiger partial charge on any atom is -0.465 e. The number of esters is 1. The van der Waals surface area contributed by atoms with Crippen LogP contribution in [-0.4, -0.2) is 67.2 Å². The zero-order valence-corrected chi connectivity index (χ0v) is 17.4. The lowest BCUT2D eigenvalue weighted by Gasteiger charge is -2.35. The summed E-state index contributed by atoms with van der Waals surface area (Å²) < 4.78 is 10.1. The van der Waals surface area contributed by atoms with Crippen molar-refractivity contribution in [2.45, 2.75) is 39.2 Å². The molecule has 0 spiro atoms. The molecule has 1 atom stereocenters. The summed E-state index contributed by atoms with van der Waals surface area (Å²) in [6.45, 7) is 7.33. The lowest BCUT2D eigenvalue weighted by molar-refractivity contribution is 0.0244. The molecule has 0 radical (unpaired) electrons. The summed E-state index contributed by atoms with van der Waals surface area (Å²) in [6.07, 6.45) is 1.49. The van der Waals surface area contributed by atoms with Crippen molar-refractivity contribution in [3.05, 3.63) is 35.4 Å². The molecule has 2 amide bonds. The Morgan fingerprint density at radius 2 is 1.75 bits per heavy atom. The predicted molar refractivity (Wildman–Crippen MR) is 105 cm³/mol. The first kappa shape index (κ1) is 21.7. The quantitative estimate of drug-likeness (QED) is 0.738. The maximum absolute atomic E-state index is 12.8. The number of ether oxygens (including phenoxy) is 2. The van der Waals surface area contributed by atoms with E-state index in [-0.39, 0.29) is 17.9 Å². The second-order valence-corrected chi connectivity index (χ2v) is 8.19. The molecule has 0 aromatic heterocycles. The maximum Gasteiger partial charge on any atom is 0.410 e. The molecule has 1 heterocycles. The number of benzene rings is 1. The van der Waals surface area contributed by atoms with Gasteiger partial charge in [0.1, 0.15) is 5.60 Å². The minimum absolute atomic E-state index is 0.0685. The van der Waals surface area contributed by atoms with Gasteiger partial charge in [-0.3, -0.25) is 4.79 Å². The molecular formula is C21H30N2O5. The number of carbonyl (C=O) groups excluding carboxylic acids is 3. The molecule has 2 rings (SSSR count). The van der Waals surface area contributed by atoms with Crippen molar-refractivity contribution in [1.82, 2.24) is 9.80 Å². The SMILES string of the molecule is COC(=O)c1ccc(C(=O)N2CCCC(CN(C)C(=O)OC(C)(C)C)C2)cc1. The van der Waals surface area contributed by atoms with Gasteiger partial charge in [0.15, 0.2) is 0 Å². The monoisotopic (exact) mass is 390 g/mol. The van der Waals surface area contributed by atoms with Gasteiger partial charge in [0, 0.05) is 32.2 Å². The third-order valence-corrected chi connectivity index (χ3v) is 4.60. The van der Waals surface area contributed by atoms with Crippen LogP contribution in [0.1, 0.15) is 54.3 Å². The first-order valence-electron chi connectivity index (χ1n) is 9.52. The molecule has 0 N–H and O–H groups in total. The number of hydrogen-bond donors (Lipinski definition) is 0. The van der Waals surface area contributed by atoms with Gasteiger partial charge in [-0.05, 0) is 63.8 Å². The van der Waals surface area contributed by atoms with Crippen molar-refractivity contribution in [2.24, 2.45) is 5.92 Å². The van der Waals surface area contributed by atoms with E-state index in [0.717, 1.165) is 12.8 Å². The van der Waals surface area contributed by atoms with Gasteiger partial charge in [-0.25, -0.2) is 9.59 Å². The van der Waals surface area contributed by atoms with Crippen molar-refractivity contribution in [3.8, 4) is 0 Å². The summed E-state index contributed by atoms with van der Waals surface area (Å²) in [7, 11) is 3.05. The van der Waals surface area contributed by atoms with Gasteiger partial charge in [-0.15, -0.1) is 0 Å². The molecule has 0 aliphatic carbocycles. The van der Waals surface area contributed by atoms with Crippen LogP contribution < -0.4 is 0 Å². The highest BCUT2D eigenvalue weighted by molar-refractivity contribution is 5.96. The van der Waals surface area contributed by atoms with Crippen LogP contribution in [0.4, 0.5) is 4.79 Å². The standard InChI is InChI=1S/C21H30N2O5/c1-21(2,3)28-20(26)22(4)13-15-7-6-12-23(14-15)18(24)16-8-10-17(11-9-16)19(25)27-5/h8-11,15H,6-7,12-14H2,1-5H3. The zero-order chi connectivity index (χ0) is 20.9. The third-order valence-electron chi connectivity index (χ3n) is 4.60. The fourth-order valence-corrected chi connectivity index (χ4v) is 3.25. The van der Waals surface area contributed by atoms with E-state index in [2.05, 4.69) is 4.74 Å². The van der Waals surface area contributed by atoms with Gasteiger partial charge in [0.05, 0.1) is 12.7 Å². The van der Waals surface area contributed by atoms with E-state index in [1.54, 1.807) is 36.2 Å². The number of piperidine rings is 1. The second-order valence-electron chi connectivity index (χ2n) is 8.19. The Morgan fingerprint density at radius 3 is 2.32 bits per heavy atom. The first-order chi connectivity index (χ1) is 13.1. The number of likely N-dealkylation sites (tertiary alicyclic amines) is 1. The second kappa shape index (κ2) is 9.08. The molecular weight excluding hydrogens is 360 g/mol. The van der Waals surface area contributed by atoms with Crippen LogP contribution in [-0.2, 0) is 9.47 Å². The number of nitrogens with zero attached hydrogens (tertiary/aromatic N) is 2. The first-order valence-corrected chi connectivity index (χ1v) is 9.52. The molecule has 0 saturated carbocycles. The van der Waals surface area contributed by atoms with Gasteiger partial charge in [0.25, 0.3) is 5.91 Å². The highest BCUT2D eigenvalue weighted by atomic mass is 16.6. The van der Waals surface area contributed by atoms with E-state index in [0.29, 0.717) is 30.8 Å². The summed E-state index contributed by atoms with van der Waals surface area (Å²) in [4.78, 5) is 39.9. The summed E-state index contributed by atoms with van der Waals surface area (Å²) in [5.41, 5.74) is 0.416.